The van der Waals surface area contributed by atoms with Crippen LogP contribution in [0.3, 0.4) is 0 Å². The summed E-state index contributed by atoms with van der Waals surface area (Å²) in [4.78, 5) is 13.1. The van der Waals surface area contributed by atoms with Crippen molar-refractivity contribution < 1.29 is 9.53 Å². The Morgan fingerprint density at radius 1 is 1.58 bits per heavy atom. The fourth-order valence-electron chi connectivity index (χ4n) is 1.22. The van der Waals surface area contributed by atoms with E-state index in [1.165, 1.54) is 12.5 Å². The van der Waals surface area contributed by atoms with E-state index >= 15 is 0 Å². The first kappa shape index (κ1) is 9.17. The van der Waals surface area contributed by atoms with Gasteiger partial charge in [0.05, 0.1) is 12.6 Å². The summed E-state index contributed by atoms with van der Waals surface area (Å²) in [6.45, 7) is 1.27. The van der Waals surface area contributed by atoms with E-state index in [4.69, 9.17) is 4.74 Å². The Bertz CT molecular complexity index is 189. The predicted molar refractivity (Wildman–Crippen MR) is 45.7 cm³/mol. The quantitative estimate of drug-likeness (QED) is 0.362. The van der Waals surface area contributed by atoms with Gasteiger partial charge in [-0.2, -0.15) is 0 Å². The molecule has 0 bridgehead atoms. The summed E-state index contributed by atoms with van der Waals surface area (Å²) >= 11 is 0. The third kappa shape index (κ3) is 3.46. The maximum absolute atomic E-state index is 9.70. The molecule has 1 rings (SSSR count). The molecule has 12 heavy (non-hydrogen) atoms. The minimum atomic E-state index is 0.237. The van der Waals surface area contributed by atoms with Crippen molar-refractivity contribution in [2.24, 2.45) is 4.99 Å². The third-order valence-electron chi connectivity index (χ3n) is 1.83. The topological polar surface area (TPSA) is 38.7 Å². The van der Waals surface area contributed by atoms with Crippen LogP contribution in [0.2, 0.25) is 0 Å². The molecule has 1 saturated heterocycles. The van der Waals surface area contributed by atoms with E-state index in [1.54, 1.807) is 0 Å². The van der Waals surface area contributed by atoms with E-state index in [0.29, 0.717) is 6.54 Å². The summed E-state index contributed by atoms with van der Waals surface area (Å²) in [6, 6.07) is 0. The van der Waals surface area contributed by atoms with Gasteiger partial charge in [0.25, 0.3) is 0 Å². The van der Waals surface area contributed by atoms with E-state index in [9.17, 15) is 4.79 Å². The zero-order valence-corrected chi connectivity index (χ0v) is 7.03. The third-order valence-corrected chi connectivity index (χ3v) is 1.83. The zero-order chi connectivity index (χ0) is 8.65. The van der Waals surface area contributed by atoms with Gasteiger partial charge in [-0.3, -0.25) is 0 Å². The van der Waals surface area contributed by atoms with E-state index in [2.05, 4.69) is 4.99 Å². The monoisotopic (exact) mass is 167 g/mol. The number of ether oxygens (including phenoxy) is 1. The van der Waals surface area contributed by atoms with Crippen LogP contribution in [-0.2, 0) is 9.53 Å². The molecular formula is C9H13NO2. The number of carbonyl (C=O) groups excluding carboxylic acids is 1. The molecular weight excluding hydrogens is 154 g/mol. The van der Waals surface area contributed by atoms with Crippen LogP contribution in [0.25, 0.3) is 0 Å². The number of aliphatic imine (C=N–C) groups is 1. The molecule has 0 spiro atoms. The minimum Gasteiger partial charge on any atom is -0.374 e. The van der Waals surface area contributed by atoms with E-state index in [0.717, 1.165) is 19.4 Å². The summed E-state index contributed by atoms with van der Waals surface area (Å²) in [6.07, 6.45) is 9.02. The van der Waals surface area contributed by atoms with Crippen LogP contribution in [0.5, 0.6) is 0 Å². The number of nitrogens with zero attached hydrogens (tertiary/aromatic N) is 1. The molecule has 0 radical (unpaired) electrons. The van der Waals surface area contributed by atoms with Crippen LogP contribution in [-0.4, -0.2) is 25.3 Å². The molecule has 0 saturated carbocycles. The molecule has 0 aliphatic carbocycles. The van der Waals surface area contributed by atoms with Crippen LogP contribution < -0.4 is 0 Å². The Labute approximate surface area is 72.1 Å². The average molecular weight is 167 g/mol. The van der Waals surface area contributed by atoms with Crippen LogP contribution in [0, 0.1) is 0 Å². The Kier molecular flexibility index (Phi) is 4.35. The molecule has 1 atom stereocenters. The smallest absolute Gasteiger partial charge is 0.235 e. The van der Waals surface area contributed by atoms with Gasteiger partial charge in [-0.1, -0.05) is 12.2 Å². The summed E-state index contributed by atoms with van der Waals surface area (Å²) in [5, 5.41) is 0. The highest BCUT2D eigenvalue weighted by molar-refractivity contribution is 5.33. The first-order valence-electron chi connectivity index (χ1n) is 4.25. The van der Waals surface area contributed by atoms with Crippen LogP contribution in [0.1, 0.15) is 19.3 Å². The highest BCUT2D eigenvalue weighted by Gasteiger charge is 2.08. The molecule has 0 aromatic heterocycles. The molecule has 1 heterocycles. The number of hydrogen-bond donors (Lipinski definition) is 0. The maximum Gasteiger partial charge on any atom is 0.235 e. The van der Waals surface area contributed by atoms with Crippen LogP contribution in [0.15, 0.2) is 17.1 Å². The first-order valence-corrected chi connectivity index (χ1v) is 4.25. The van der Waals surface area contributed by atoms with Crippen molar-refractivity contribution >= 4 is 6.08 Å². The molecule has 0 N–H and O–H groups in total. The van der Waals surface area contributed by atoms with Gasteiger partial charge in [-0.25, -0.2) is 9.79 Å². The molecule has 0 amide bonds. The van der Waals surface area contributed by atoms with Crippen LogP contribution >= 0.6 is 0 Å². The number of hydrogen-bond acceptors (Lipinski definition) is 3. The normalized spacial score (nSPS) is 23.8. The molecule has 1 fully saturated rings. The van der Waals surface area contributed by atoms with Crippen molar-refractivity contribution in [3.8, 4) is 0 Å². The fraction of sp³-hybridized carbons (Fsp3) is 0.667. The Morgan fingerprint density at radius 2 is 2.50 bits per heavy atom. The molecule has 3 nitrogen and oxygen atoms in total. The fourth-order valence-corrected chi connectivity index (χ4v) is 1.22. The lowest BCUT2D eigenvalue weighted by Crippen LogP contribution is -2.16. The summed E-state index contributed by atoms with van der Waals surface area (Å²) < 4.78 is 5.43. The lowest BCUT2D eigenvalue weighted by molar-refractivity contribution is 0.0465. The minimum absolute atomic E-state index is 0.237. The predicted octanol–water partition coefficient (Wildman–Crippen LogP) is 1.45. The van der Waals surface area contributed by atoms with Gasteiger partial charge in [0, 0.05) is 6.61 Å². The lowest BCUT2D eigenvalue weighted by Gasteiger charge is -2.18. The van der Waals surface area contributed by atoms with Crippen molar-refractivity contribution in [3.05, 3.63) is 12.2 Å². The lowest BCUT2D eigenvalue weighted by atomic mass is 10.1. The zero-order valence-electron chi connectivity index (χ0n) is 7.03. The average Bonchev–Trinajstić information content (AvgIpc) is 2.14. The van der Waals surface area contributed by atoms with Gasteiger partial charge in [0.1, 0.15) is 0 Å². The van der Waals surface area contributed by atoms with Crippen molar-refractivity contribution in [1.82, 2.24) is 0 Å². The van der Waals surface area contributed by atoms with Gasteiger partial charge in [0.2, 0.25) is 6.08 Å². The molecule has 1 aliphatic rings. The Balaban J connectivity index is 2.19. The summed E-state index contributed by atoms with van der Waals surface area (Å²) in [5.41, 5.74) is 0. The maximum atomic E-state index is 9.70. The van der Waals surface area contributed by atoms with Gasteiger partial charge >= 0.3 is 0 Å². The van der Waals surface area contributed by atoms with Gasteiger partial charge in [-0.05, 0) is 19.3 Å². The van der Waals surface area contributed by atoms with E-state index in [-0.39, 0.29) is 6.10 Å². The van der Waals surface area contributed by atoms with E-state index < -0.39 is 0 Å². The molecule has 3 heteroatoms. The second kappa shape index (κ2) is 5.70. The Morgan fingerprint density at radius 3 is 3.17 bits per heavy atom. The van der Waals surface area contributed by atoms with Crippen LogP contribution in [0.4, 0.5) is 0 Å². The Hall–Kier alpha value is -0.920. The van der Waals surface area contributed by atoms with Gasteiger partial charge in [0.15, 0.2) is 0 Å². The number of rotatable bonds is 3. The highest BCUT2D eigenvalue weighted by atomic mass is 16.5. The SMILES string of the molecule is O=C=NC/C=C\C1CCCCO1. The van der Waals surface area contributed by atoms with Gasteiger partial charge in [-0.15, -0.1) is 0 Å². The van der Waals surface area contributed by atoms with Crippen molar-refractivity contribution in [3.63, 3.8) is 0 Å². The number of isocyanates is 1. The molecule has 66 valence electrons. The molecule has 1 unspecified atom stereocenters. The van der Waals surface area contributed by atoms with Crippen molar-refractivity contribution in [1.29, 1.82) is 0 Å². The summed E-state index contributed by atoms with van der Waals surface area (Å²) in [7, 11) is 0. The summed E-state index contributed by atoms with van der Waals surface area (Å²) in [5.74, 6) is 0. The van der Waals surface area contributed by atoms with Gasteiger partial charge < -0.3 is 4.74 Å². The second-order valence-electron chi connectivity index (χ2n) is 2.77. The second-order valence-corrected chi connectivity index (χ2v) is 2.77. The van der Waals surface area contributed by atoms with E-state index in [1.807, 2.05) is 12.2 Å². The largest absolute Gasteiger partial charge is 0.374 e. The highest BCUT2D eigenvalue weighted by Crippen LogP contribution is 2.13. The van der Waals surface area contributed by atoms with Crippen molar-refractivity contribution in [2.75, 3.05) is 13.2 Å². The molecule has 1 aliphatic heterocycles. The van der Waals surface area contributed by atoms with Crippen molar-refractivity contribution in [2.45, 2.75) is 25.4 Å². The standard InChI is InChI=1S/C9H13NO2/c11-8-10-6-3-5-9-4-1-2-7-12-9/h3,5,9H,1-2,4,6-7H2/b5-3-. The first-order chi connectivity index (χ1) is 5.93. The molecule has 0 aromatic carbocycles. The molecule has 0 aromatic rings.